The summed E-state index contributed by atoms with van der Waals surface area (Å²) >= 11 is 0. The average Bonchev–Trinajstić information content (AvgIpc) is 2.66. The Labute approximate surface area is 148 Å². The topological polar surface area (TPSA) is 76.7 Å². The van der Waals surface area contributed by atoms with Gasteiger partial charge in [0.05, 0.1) is 13.5 Å². The Kier molecular flexibility index (Phi) is 6.77. The molecule has 25 heavy (non-hydrogen) atoms. The summed E-state index contributed by atoms with van der Waals surface area (Å²) in [4.78, 5) is 15.2. The van der Waals surface area contributed by atoms with E-state index in [-0.39, 0.29) is 12.4 Å². The molecule has 0 heterocycles. The van der Waals surface area contributed by atoms with E-state index in [1.807, 2.05) is 36.4 Å². The van der Waals surface area contributed by atoms with Crippen LogP contribution in [-0.2, 0) is 9.53 Å². The molecule has 0 aliphatic rings. The second-order valence-corrected chi connectivity index (χ2v) is 5.41. The molecule has 0 amide bonds. The molecule has 5 nitrogen and oxygen atoms in total. The van der Waals surface area contributed by atoms with E-state index in [0.29, 0.717) is 12.2 Å². The number of allylic oxidation sites excluding steroid dienone is 1. The summed E-state index contributed by atoms with van der Waals surface area (Å²) in [7, 11) is 3.08. The van der Waals surface area contributed by atoms with Gasteiger partial charge in [0, 0.05) is 36.8 Å². The highest BCUT2D eigenvalue weighted by Gasteiger charge is 2.09. The molecule has 0 bridgehead atoms. The number of carbonyl (C=O) groups is 1. The van der Waals surface area contributed by atoms with Gasteiger partial charge in [-0.15, -0.1) is 0 Å². The third-order valence-electron chi connectivity index (χ3n) is 3.71. The first kappa shape index (κ1) is 18.3. The molecule has 0 spiro atoms. The van der Waals surface area contributed by atoms with E-state index >= 15 is 0 Å². The minimum atomic E-state index is -0.253. The number of carbonyl (C=O) groups excluding carboxylic acids is 1. The summed E-state index contributed by atoms with van der Waals surface area (Å²) in [5.41, 5.74) is 10.7. The van der Waals surface area contributed by atoms with Crippen LogP contribution >= 0.6 is 0 Å². The minimum Gasteiger partial charge on any atom is -0.469 e. The molecule has 5 heteroatoms. The number of hydrogen-bond donors (Lipinski definition) is 2. The Morgan fingerprint density at radius 1 is 1.20 bits per heavy atom. The van der Waals surface area contributed by atoms with Gasteiger partial charge in [-0.1, -0.05) is 36.4 Å². The zero-order chi connectivity index (χ0) is 18.1. The van der Waals surface area contributed by atoms with Crippen LogP contribution in [0, 0.1) is 0 Å². The number of esters is 1. The second-order valence-electron chi connectivity index (χ2n) is 5.41. The fourth-order valence-electron chi connectivity index (χ4n) is 2.39. The SMILES string of the molecule is CN=CC=C(N)c1cc(-c2ccccc2)ccc1NCCC(=O)OC. The van der Waals surface area contributed by atoms with Crippen molar-refractivity contribution in [2.45, 2.75) is 6.42 Å². The molecule has 130 valence electrons. The van der Waals surface area contributed by atoms with Crippen molar-refractivity contribution in [1.82, 2.24) is 0 Å². The zero-order valence-electron chi connectivity index (χ0n) is 14.5. The highest BCUT2D eigenvalue weighted by atomic mass is 16.5. The highest BCUT2D eigenvalue weighted by molar-refractivity contribution is 5.88. The Bertz CT molecular complexity index is 768. The van der Waals surface area contributed by atoms with Crippen LogP contribution < -0.4 is 11.1 Å². The van der Waals surface area contributed by atoms with Crippen LogP contribution in [0.3, 0.4) is 0 Å². The predicted molar refractivity (Wildman–Crippen MR) is 104 cm³/mol. The molecule has 0 fully saturated rings. The molecule has 0 radical (unpaired) electrons. The van der Waals surface area contributed by atoms with Crippen LogP contribution in [0.4, 0.5) is 5.69 Å². The van der Waals surface area contributed by atoms with E-state index in [1.54, 1.807) is 19.3 Å². The Morgan fingerprint density at radius 2 is 1.96 bits per heavy atom. The maximum absolute atomic E-state index is 11.3. The fraction of sp³-hybridized carbons (Fsp3) is 0.200. The molecule has 0 atom stereocenters. The van der Waals surface area contributed by atoms with Crippen LogP contribution in [0.5, 0.6) is 0 Å². The molecular weight excluding hydrogens is 314 g/mol. The number of rotatable bonds is 7. The summed E-state index contributed by atoms with van der Waals surface area (Å²) < 4.78 is 4.66. The van der Waals surface area contributed by atoms with Gasteiger partial charge in [0.2, 0.25) is 0 Å². The van der Waals surface area contributed by atoms with Crippen molar-refractivity contribution in [2.24, 2.45) is 10.7 Å². The summed E-state index contributed by atoms with van der Waals surface area (Å²) in [6.07, 6.45) is 3.70. The maximum atomic E-state index is 11.3. The summed E-state index contributed by atoms with van der Waals surface area (Å²) in [6, 6.07) is 16.1. The van der Waals surface area contributed by atoms with Gasteiger partial charge in [-0.05, 0) is 29.3 Å². The lowest BCUT2D eigenvalue weighted by Gasteiger charge is -2.14. The molecular formula is C20H23N3O2. The molecule has 0 unspecified atom stereocenters. The molecule has 0 saturated carbocycles. The van der Waals surface area contributed by atoms with E-state index in [2.05, 4.69) is 27.2 Å². The lowest BCUT2D eigenvalue weighted by Crippen LogP contribution is -2.11. The molecule has 2 aromatic carbocycles. The molecule has 0 saturated heterocycles. The fourth-order valence-corrected chi connectivity index (χ4v) is 2.39. The van der Waals surface area contributed by atoms with Crippen LogP contribution in [0.25, 0.3) is 16.8 Å². The van der Waals surface area contributed by atoms with E-state index in [0.717, 1.165) is 22.4 Å². The monoisotopic (exact) mass is 337 g/mol. The number of hydrogen-bond acceptors (Lipinski definition) is 5. The smallest absolute Gasteiger partial charge is 0.307 e. The second kappa shape index (κ2) is 9.27. The van der Waals surface area contributed by atoms with Gasteiger partial charge < -0.3 is 15.8 Å². The largest absolute Gasteiger partial charge is 0.469 e. The van der Waals surface area contributed by atoms with Crippen molar-refractivity contribution in [3.8, 4) is 11.1 Å². The first-order chi connectivity index (χ1) is 12.2. The van der Waals surface area contributed by atoms with Gasteiger partial charge >= 0.3 is 5.97 Å². The normalized spacial score (nSPS) is 11.5. The van der Waals surface area contributed by atoms with Crippen LogP contribution in [-0.4, -0.2) is 32.9 Å². The van der Waals surface area contributed by atoms with Crippen LogP contribution in [0.2, 0.25) is 0 Å². The van der Waals surface area contributed by atoms with Gasteiger partial charge in [-0.25, -0.2) is 0 Å². The molecule has 0 aliphatic heterocycles. The van der Waals surface area contributed by atoms with E-state index in [4.69, 9.17) is 5.73 Å². The van der Waals surface area contributed by atoms with Crippen molar-refractivity contribution in [3.05, 3.63) is 60.2 Å². The lowest BCUT2D eigenvalue weighted by molar-refractivity contribution is -0.140. The Balaban J connectivity index is 2.33. The number of methoxy groups -OCH3 is 1. The first-order valence-electron chi connectivity index (χ1n) is 8.04. The summed E-state index contributed by atoms with van der Waals surface area (Å²) in [5, 5.41) is 3.25. The van der Waals surface area contributed by atoms with Crippen LogP contribution in [0.1, 0.15) is 12.0 Å². The van der Waals surface area contributed by atoms with E-state index in [1.165, 1.54) is 7.11 Å². The van der Waals surface area contributed by atoms with Crippen molar-refractivity contribution in [3.63, 3.8) is 0 Å². The van der Waals surface area contributed by atoms with Gasteiger partial charge in [-0.2, -0.15) is 0 Å². The summed E-state index contributed by atoms with van der Waals surface area (Å²) in [5.74, 6) is -0.253. The molecule has 2 aromatic rings. The predicted octanol–water partition coefficient (Wildman–Crippen LogP) is 3.33. The molecule has 3 N–H and O–H groups in total. The lowest BCUT2D eigenvalue weighted by atomic mass is 10.00. The quantitative estimate of drug-likeness (QED) is 0.600. The Morgan fingerprint density at radius 3 is 2.64 bits per heavy atom. The maximum Gasteiger partial charge on any atom is 0.307 e. The Hall–Kier alpha value is -3.08. The standard InChI is InChI=1S/C20H23N3O2/c1-22-12-10-18(21)17-14-16(15-6-4-3-5-7-15)8-9-19(17)23-13-11-20(24)25-2/h3-10,12,14,23H,11,13,21H2,1-2H3. The summed E-state index contributed by atoms with van der Waals surface area (Å²) in [6.45, 7) is 0.472. The average molecular weight is 337 g/mol. The van der Waals surface area contributed by atoms with Crippen molar-refractivity contribution >= 4 is 23.6 Å². The van der Waals surface area contributed by atoms with E-state index in [9.17, 15) is 4.79 Å². The number of nitrogens with one attached hydrogen (secondary N) is 1. The molecule has 2 rings (SSSR count). The number of ether oxygens (including phenoxy) is 1. The third kappa shape index (κ3) is 5.21. The van der Waals surface area contributed by atoms with Crippen molar-refractivity contribution < 1.29 is 9.53 Å². The van der Waals surface area contributed by atoms with Crippen molar-refractivity contribution in [1.29, 1.82) is 0 Å². The zero-order valence-corrected chi connectivity index (χ0v) is 14.5. The van der Waals surface area contributed by atoms with Crippen molar-refractivity contribution in [2.75, 3.05) is 26.0 Å². The molecule has 0 aliphatic carbocycles. The molecule has 0 aromatic heterocycles. The number of nitrogens with two attached hydrogens (primary N) is 1. The van der Waals surface area contributed by atoms with Gasteiger partial charge in [0.25, 0.3) is 0 Å². The van der Waals surface area contributed by atoms with Crippen LogP contribution in [0.15, 0.2) is 59.6 Å². The number of aliphatic imine (C=N–C) groups is 1. The number of anilines is 1. The van der Waals surface area contributed by atoms with Gasteiger partial charge in [0.1, 0.15) is 0 Å². The number of benzene rings is 2. The number of nitrogens with zero attached hydrogens (tertiary/aromatic N) is 1. The highest BCUT2D eigenvalue weighted by Crippen LogP contribution is 2.28. The van der Waals surface area contributed by atoms with Gasteiger partial charge in [0.15, 0.2) is 0 Å². The van der Waals surface area contributed by atoms with E-state index < -0.39 is 0 Å². The van der Waals surface area contributed by atoms with Gasteiger partial charge in [-0.3, -0.25) is 9.79 Å². The third-order valence-corrected chi connectivity index (χ3v) is 3.71. The first-order valence-corrected chi connectivity index (χ1v) is 8.04. The minimum absolute atomic E-state index is 0.253.